The van der Waals surface area contributed by atoms with E-state index < -0.39 is 0 Å². The van der Waals surface area contributed by atoms with Crippen molar-refractivity contribution in [1.29, 1.82) is 0 Å². The van der Waals surface area contributed by atoms with Crippen LogP contribution in [0.4, 0.5) is 0 Å². The van der Waals surface area contributed by atoms with Crippen LogP contribution in [-0.4, -0.2) is 18.2 Å². The van der Waals surface area contributed by atoms with Gasteiger partial charge in [-0.15, -0.1) is 0 Å². The second kappa shape index (κ2) is 9.38. The van der Waals surface area contributed by atoms with Gasteiger partial charge in [-0.25, -0.2) is 0 Å². The Morgan fingerprint density at radius 2 is 1.68 bits per heavy atom. The maximum absolute atomic E-state index is 12.7. The van der Waals surface area contributed by atoms with Gasteiger partial charge in [0.2, 0.25) is 5.91 Å². The van der Waals surface area contributed by atoms with Crippen LogP contribution < -0.4 is 5.32 Å². The second-order valence-corrected chi connectivity index (χ2v) is 6.82. The topological polar surface area (TPSA) is 46.2 Å². The van der Waals surface area contributed by atoms with Gasteiger partial charge >= 0.3 is 0 Å². The molecule has 0 aliphatic heterocycles. The molecule has 132 valence electrons. The van der Waals surface area contributed by atoms with Gasteiger partial charge in [-0.1, -0.05) is 61.0 Å². The quantitative estimate of drug-likeness (QED) is 0.761. The van der Waals surface area contributed by atoms with Crippen LogP contribution in [0.3, 0.4) is 0 Å². The van der Waals surface area contributed by atoms with Crippen LogP contribution in [0.5, 0.6) is 0 Å². The number of carbonyl (C=O) groups is 2. The number of nitrogens with one attached hydrogen (secondary N) is 1. The van der Waals surface area contributed by atoms with E-state index in [2.05, 4.69) is 5.32 Å². The highest BCUT2D eigenvalue weighted by molar-refractivity contribution is 6.30. The molecule has 25 heavy (non-hydrogen) atoms. The van der Waals surface area contributed by atoms with E-state index in [0.717, 1.165) is 17.5 Å². The molecule has 4 heteroatoms. The van der Waals surface area contributed by atoms with Crippen molar-refractivity contribution in [3.63, 3.8) is 0 Å². The molecular weight excluding hydrogens is 334 g/mol. The molecule has 0 bridgehead atoms. The smallest absolute Gasteiger partial charge is 0.224 e. The van der Waals surface area contributed by atoms with Gasteiger partial charge in [0.05, 0.1) is 5.92 Å². The lowest BCUT2D eigenvalue weighted by molar-refractivity contribution is -0.129. The van der Waals surface area contributed by atoms with Crippen molar-refractivity contribution in [1.82, 2.24) is 5.32 Å². The first-order chi connectivity index (χ1) is 12.0. The molecular formula is C21H24ClNO2. The number of hydrogen-bond acceptors (Lipinski definition) is 2. The van der Waals surface area contributed by atoms with Crippen molar-refractivity contribution >= 4 is 23.3 Å². The third-order valence-electron chi connectivity index (χ3n) is 4.40. The maximum Gasteiger partial charge on any atom is 0.224 e. The fraction of sp³-hybridized carbons (Fsp3) is 0.333. The number of benzene rings is 2. The second-order valence-electron chi connectivity index (χ2n) is 6.38. The van der Waals surface area contributed by atoms with E-state index >= 15 is 0 Å². The highest BCUT2D eigenvalue weighted by Gasteiger charge is 2.27. The average molecular weight is 358 g/mol. The van der Waals surface area contributed by atoms with Gasteiger partial charge in [-0.05, 0) is 42.5 Å². The van der Waals surface area contributed by atoms with E-state index in [1.54, 1.807) is 0 Å². The third-order valence-corrected chi connectivity index (χ3v) is 4.65. The summed E-state index contributed by atoms with van der Waals surface area (Å²) in [6.07, 6.45) is 0.984. The fourth-order valence-corrected chi connectivity index (χ4v) is 3.03. The minimum atomic E-state index is -0.356. The largest absolute Gasteiger partial charge is 0.356 e. The number of Topliss-reactive ketones (excluding diaryl/α,β-unsaturated/α-hetero) is 1. The monoisotopic (exact) mass is 357 g/mol. The van der Waals surface area contributed by atoms with Gasteiger partial charge in [-0.2, -0.15) is 0 Å². The predicted molar refractivity (Wildman–Crippen MR) is 102 cm³/mol. The summed E-state index contributed by atoms with van der Waals surface area (Å²) < 4.78 is 0. The zero-order valence-electron chi connectivity index (χ0n) is 14.7. The van der Waals surface area contributed by atoms with Crippen LogP contribution >= 0.6 is 11.6 Å². The van der Waals surface area contributed by atoms with Crippen LogP contribution in [0.1, 0.15) is 37.3 Å². The summed E-state index contributed by atoms with van der Waals surface area (Å²) in [7, 11) is 0. The molecule has 0 fully saturated rings. The summed E-state index contributed by atoms with van der Waals surface area (Å²) in [5.41, 5.74) is 2.19. The molecule has 0 unspecified atom stereocenters. The minimum absolute atomic E-state index is 0.0133. The summed E-state index contributed by atoms with van der Waals surface area (Å²) in [6, 6.07) is 17.4. The molecule has 0 heterocycles. The van der Waals surface area contributed by atoms with Gasteiger partial charge in [0.15, 0.2) is 0 Å². The molecule has 0 spiro atoms. The zero-order chi connectivity index (χ0) is 18.2. The van der Waals surface area contributed by atoms with Crippen LogP contribution in [-0.2, 0) is 16.0 Å². The van der Waals surface area contributed by atoms with Gasteiger partial charge < -0.3 is 10.1 Å². The number of carbonyl (C=O) groups excluding carboxylic acids is 2. The van der Waals surface area contributed by atoms with E-state index in [1.807, 2.05) is 61.5 Å². The highest BCUT2D eigenvalue weighted by Crippen LogP contribution is 2.27. The van der Waals surface area contributed by atoms with E-state index in [1.165, 1.54) is 6.92 Å². The van der Waals surface area contributed by atoms with Crippen molar-refractivity contribution in [3.05, 3.63) is 70.7 Å². The van der Waals surface area contributed by atoms with Crippen LogP contribution in [0.15, 0.2) is 54.6 Å². The van der Waals surface area contributed by atoms with Gasteiger partial charge in [0.1, 0.15) is 5.78 Å². The summed E-state index contributed by atoms with van der Waals surface area (Å²) in [4.78, 5) is 24.3. The molecule has 0 aliphatic rings. The van der Waals surface area contributed by atoms with Crippen LogP contribution in [0, 0.1) is 5.92 Å². The summed E-state index contributed by atoms with van der Waals surface area (Å²) in [5.74, 6) is -0.410. The molecule has 2 aromatic rings. The third kappa shape index (κ3) is 6.02. The molecule has 0 aromatic heterocycles. The van der Waals surface area contributed by atoms with Crippen molar-refractivity contribution in [3.8, 4) is 0 Å². The Balaban J connectivity index is 1.98. The minimum Gasteiger partial charge on any atom is -0.356 e. The highest BCUT2D eigenvalue weighted by atomic mass is 35.5. The van der Waals surface area contributed by atoms with Crippen molar-refractivity contribution in [2.75, 3.05) is 6.54 Å². The Morgan fingerprint density at radius 1 is 1.04 bits per heavy atom. The van der Waals surface area contributed by atoms with E-state index in [4.69, 9.17) is 11.6 Å². The van der Waals surface area contributed by atoms with Crippen LogP contribution in [0.25, 0.3) is 0 Å². The summed E-state index contributed by atoms with van der Waals surface area (Å²) in [5, 5.41) is 3.68. The van der Waals surface area contributed by atoms with Gasteiger partial charge in [0, 0.05) is 18.0 Å². The SMILES string of the molecule is CC(=O)C[C@H](C(=O)NCCc1ccc(Cl)cc1)[C@H](C)c1ccccc1. The molecule has 2 rings (SSSR count). The molecule has 0 radical (unpaired) electrons. The van der Waals surface area contributed by atoms with E-state index in [9.17, 15) is 9.59 Å². The number of rotatable bonds is 8. The first kappa shape index (κ1) is 19.2. The molecule has 1 amide bonds. The molecule has 2 aromatic carbocycles. The van der Waals surface area contributed by atoms with Gasteiger partial charge in [0.25, 0.3) is 0 Å². The number of halogens is 1. The Kier molecular flexibility index (Phi) is 7.20. The van der Waals surface area contributed by atoms with Crippen LogP contribution in [0.2, 0.25) is 5.02 Å². The lowest BCUT2D eigenvalue weighted by atomic mass is 9.83. The average Bonchev–Trinajstić information content (AvgIpc) is 2.61. The molecule has 0 saturated heterocycles. The van der Waals surface area contributed by atoms with Crippen molar-refractivity contribution < 1.29 is 9.59 Å². The molecule has 3 nitrogen and oxygen atoms in total. The normalized spacial score (nSPS) is 13.1. The lowest BCUT2D eigenvalue weighted by Gasteiger charge is -2.23. The zero-order valence-corrected chi connectivity index (χ0v) is 15.4. The van der Waals surface area contributed by atoms with E-state index in [0.29, 0.717) is 11.6 Å². The standard InChI is InChI=1S/C21H24ClNO2/c1-15(24)14-20(16(2)18-6-4-3-5-7-18)21(25)23-13-12-17-8-10-19(22)11-9-17/h3-11,16,20H,12-14H2,1-2H3,(H,23,25)/t16-,20+/m1/s1. The summed E-state index contributed by atoms with van der Waals surface area (Å²) in [6.45, 7) is 4.07. The number of hydrogen-bond donors (Lipinski definition) is 1. The Bertz CT molecular complexity index is 698. The molecule has 1 N–H and O–H groups in total. The Labute approximate surface area is 154 Å². The van der Waals surface area contributed by atoms with E-state index in [-0.39, 0.29) is 29.9 Å². The van der Waals surface area contributed by atoms with Crippen molar-refractivity contribution in [2.24, 2.45) is 5.92 Å². The molecule has 0 saturated carbocycles. The number of amides is 1. The first-order valence-electron chi connectivity index (χ1n) is 8.54. The first-order valence-corrected chi connectivity index (χ1v) is 8.91. The van der Waals surface area contributed by atoms with Gasteiger partial charge in [-0.3, -0.25) is 4.79 Å². The fourth-order valence-electron chi connectivity index (χ4n) is 2.91. The Hall–Kier alpha value is -2.13. The Morgan fingerprint density at radius 3 is 2.28 bits per heavy atom. The predicted octanol–water partition coefficient (Wildman–Crippen LogP) is 4.40. The maximum atomic E-state index is 12.7. The summed E-state index contributed by atoms with van der Waals surface area (Å²) >= 11 is 5.88. The number of ketones is 1. The molecule has 2 atom stereocenters. The lowest BCUT2D eigenvalue weighted by Crippen LogP contribution is -2.35. The molecule has 0 aliphatic carbocycles. The van der Waals surface area contributed by atoms with Crippen molar-refractivity contribution in [2.45, 2.75) is 32.6 Å².